The minimum absolute atomic E-state index is 0. The number of aromatic nitrogens is 7. The Morgan fingerprint density at radius 2 is 0.581 bits per heavy atom. The first-order valence-corrected chi connectivity index (χ1v) is 35.4. The van der Waals surface area contributed by atoms with Gasteiger partial charge < -0.3 is 54.4 Å². The first kappa shape index (κ1) is 107. The molecule has 0 bridgehead atoms. The molecule has 0 spiro atoms. The number of ether oxygens (including phenoxy) is 2. The van der Waals surface area contributed by atoms with E-state index in [2.05, 4.69) is 107 Å². The van der Waals surface area contributed by atoms with Gasteiger partial charge in [-0.25, -0.2) is 0 Å². The number of anilines is 3. The molecule has 12 nitrogen and oxygen atoms in total. The minimum atomic E-state index is -0.694. The molecule has 0 saturated carbocycles. The number of aliphatic hydroxyl groups excluding tert-OH is 1. The van der Waals surface area contributed by atoms with Gasteiger partial charge in [0, 0.05) is 245 Å². The molecule has 0 atom stereocenters. The van der Waals surface area contributed by atoms with E-state index in [0.717, 1.165) is 98.5 Å². The number of halogens is 10. The Balaban J connectivity index is 0.000000371. The third kappa shape index (κ3) is 35.6. The van der Waals surface area contributed by atoms with Crippen molar-refractivity contribution in [2.45, 2.75) is 13.8 Å². The Labute approximate surface area is 792 Å². The van der Waals surface area contributed by atoms with Gasteiger partial charge in [0.05, 0.1) is 20.0 Å². The number of pyridine rings is 7. The van der Waals surface area contributed by atoms with Crippen molar-refractivity contribution in [3.63, 3.8) is 0 Å². The van der Waals surface area contributed by atoms with Crippen LogP contribution in [0, 0.1) is 101 Å². The molecule has 124 heavy (non-hydrogen) atoms. The van der Waals surface area contributed by atoms with Gasteiger partial charge in [0.2, 0.25) is 0 Å². The maximum Gasteiger partial charge on any atom is 0.155 e. The summed E-state index contributed by atoms with van der Waals surface area (Å²) in [4.78, 5) is 40.9. The van der Waals surface area contributed by atoms with Crippen molar-refractivity contribution in [2.24, 2.45) is 0 Å². The van der Waals surface area contributed by atoms with E-state index >= 15 is 0 Å². The van der Waals surface area contributed by atoms with E-state index in [1.807, 2.05) is 84.9 Å². The summed E-state index contributed by atoms with van der Waals surface area (Å²) < 4.78 is 139. The number of hydrogen-bond acceptors (Lipinski definition) is 12. The summed E-state index contributed by atoms with van der Waals surface area (Å²) in [6, 6.07) is 94.5. The monoisotopic (exact) mass is 2740 g/mol. The number of rotatable bonds is 13. The van der Waals surface area contributed by atoms with Gasteiger partial charge in [-0.15, -0.1) is 156 Å². The molecule has 16 rings (SSSR count). The molecule has 28 heteroatoms. The van der Waals surface area contributed by atoms with Crippen molar-refractivity contribution in [1.82, 2.24) is 34.9 Å². The van der Waals surface area contributed by atoms with Crippen LogP contribution in [0.25, 0.3) is 78.8 Å². The van der Waals surface area contributed by atoms with Crippen molar-refractivity contribution in [3.8, 4) is 90.3 Å². The third-order valence-corrected chi connectivity index (χ3v) is 15.6. The van der Waals surface area contributed by atoms with E-state index < -0.39 is 34.9 Å². The molecular weight excluding hydrogens is 2670 g/mol. The van der Waals surface area contributed by atoms with Crippen molar-refractivity contribution in [3.05, 3.63) is 435 Å². The summed E-state index contributed by atoms with van der Waals surface area (Å²) in [5.41, 5.74) is 11.0. The fourth-order valence-electron chi connectivity index (χ4n) is 10.2. The molecule has 1 N–H and O–H groups in total. The fourth-order valence-corrected chi connectivity index (χ4v) is 10.2. The second kappa shape index (κ2) is 57.3. The molecule has 0 aliphatic heterocycles. The van der Waals surface area contributed by atoms with Crippen LogP contribution in [0.5, 0.6) is 11.5 Å². The molecule has 646 valence electrons. The summed E-state index contributed by atoms with van der Waals surface area (Å²) in [5, 5.41) is 8.36. The van der Waals surface area contributed by atoms with Gasteiger partial charge in [-0.1, -0.05) is 126 Å². The standard InChI is InChI=1S/C23H16FN2.C12H8F2NO.C12H9FNO.2C11H6F2N.2C11H7FN.C5H8O2.6Ir/c24-19-13-11-18(12-14-19)23-17-22(15-16-25-23)26(20-7-3-1-4-8-20)21-9-5-2-6-10-21;1-16-9-4-5-15-12(7-9)10-3-2-8(13)6-11(10)14;1-15-11-6-7-14-12(8-11)9-2-4-10(13)5-3-9;2*12-8-4-5-9(10(13)7-8)11-3-1-2-6-14-11;2*12-10-6-4-9(5-7-10)11-3-1-2-8-13-11;1-4(6)3-5(2)7;;;;;;/h1-11,13-17H;2,4-7H,1H3;2,4-8H,1H3;2*1-4,6-7H;2*1-4,6-8H;3,6H,1-2H3;;;;;;/q7*-1;;;;;;;. The third-order valence-electron chi connectivity index (χ3n) is 15.6. The molecule has 6 radical (unpaired) electrons. The predicted octanol–water partition coefficient (Wildman–Crippen LogP) is 23.7. The molecule has 7 heterocycles. The summed E-state index contributed by atoms with van der Waals surface area (Å²) in [5.74, 6) is -3.88. The van der Waals surface area contributed by atoms with Crippen LogP contribution in [0.1, 0.15) is 13.8 Å². The van der Waals surface area contributed by atoms with Crippen LogP contribution in [0.2, 0.25) is 0 Å². The number of carbonyl (C=O) groups is 1. The number of methoxy groups -OCH3 is 2. The fraction of sp³-hybridized carbons (Fsp3) is 0.0417. The summed E-state index contributed by atoms with van der Waals surface area (Å²) >= 11 is 0. The van der Waals surface area contributed by atoms with Gasteiger partial charge in [-0.05, 0) is 133 Å². The number of aliphatic hydroxyl groups is 1. The molecule has 0 unspecified atom stereocenters. The number of carbonyl (C=O) groups excluding carboxylic acids is 1. The van der Waals surface area contributed by atoms with Crippen LogP contribution in [-0.2, 0) is 125 Å². The molecule has 0 aliphatic carbocycles. The average molecular weight is 2740 g/mol. The molecule has 0 fully saturated rings. The Hall–Kier alpha value is -11.2. The zero-order chi connectivity index (χ0) is 84.0. The Kier molecular flexibility index (Phi) is 49.5. The van der Waals surface area contributed by atoms with Crippen molar-refractivity contribution < 1.29 is 184 Å². The number of hydrogen-bond donors (Lipinski definition) is 1. The van der Waals surface area contributed by atoms with Crippen molar-refractivity contribution in [2.75, 3.05) is 19.1 Å². The molecular formula is C96H67F10Ir6N8O4-7. The van der Waals surface area contributed by atoms with Crippen LogP contribution < -0.4 is 14.4 Å². The predicted molar refractivity (Wildman–Crippen MR) is 434 cm³/mol. The molecule has 0 saturated heterocycles. The van der Waals surface area contributed by atoms with E-state index in [0.29, 0.717) is 28.5 Å². The second-order valence-electron chi connectivity index (χ2n) is 24.1. The first-order valence-electron chi connectivity index (χ1n) is 35.4. The molecule has 0 aliphatic rings. The maximum atomic E-state index is 13.4. The van der Waals surface area contributed by atoms with Gasteiger partial charge in [0.25, 0.3) is 0 Å². The Morgan fingerprint density at radius 1 is 0.298 bits per heavy atom. The Bertz CT molecular complexity index is 5600. The SMILES string of the molecule is CC(=O)C=C(C)O.COc1ccnc(-c2[c-]cc(F)cc2)c1.COc1ccnc(-c2[c-]cc(F)cc2F)c1.Fc1c[c-]c(-c2cc(N(c3ccccc3)c3ccccc3)ccn2)cc1.Fc1c[c-]c(-c2ccccn2)c(F)c1.Fc1c[c-]c(-c2ccccn2)c(F)c1.Fc1c[c-]c(-c2ccccn2)cc1.Fc1c[c-]c(-c2ccccn2)cc1.[Ir].[Ir].[Ir].[Ir].[Ir].[Ir]. The van der Waals surface area contributed by atoms with Crippen LogP contribution in [0.15, 0.2) is 334 Å². The summed E-state index contributed by atoms with van der Waals surface area (Å²) in [6.07, 6.45) is 12.6. The first-order chi connectivity index (χ1) is 57.2. The van der Waals surface area contributed by atoms with Crippen LogP contribution in [0.3, 0.4) is 0 Å². The van der Waals surface area contributed by atoms with Crippen LogP contribution >= 0.6 is 0 Å². The van der Waals surface area contributed by atoms with Crippen molar-refractivity contribution in [1.29, 1.82) is 0 Å². The smallest absolute Gasteiger partial charge is 0.155 e. The van der Waals surface area contributed by atoms with Crippen LogP contribution in [-0.4, -0.2) is 60.0 Å². The number of nitrogens with zero attached hydrogens (tertiary/aromatic N) is 8. The number of ketones is 1. The maximum absolute atomic E-state index is 13.4. The largest absolute Gasteiger partial charge is 0.512 e. The van der Waals surface area contributed by atoms with Gasteiger partial charge in [-0.2, -0.15) is 0 Å². The Morgan fingerprint density at radius 3 is 0.871 bits per heavy atom. The molecule has 0 amide bonds. The minimum Gasteiger partial charge on any atom is -0.512 e. The number of para-hydroxylation sites is 2. The average Bonchev–Trinajstić information content (AvgIpc) is 0.781. The van der Waals surface area contributed by atoms with E-state index in [-0.39, 0.29) is 172 Å². The van der Waals surface area contributed by atoms with Crippen molar-refractivity contribution >= 4 is 22.8 Å². The van der Waals surface area contributed by atoms with Gasteiger partial charge in [0.15, 0.2) is 5.78 Å². The van der Waals surface area contributed by atoms with E-state index in [1.165, 1.54) is 81.8 Å². The van der Waals surface area contributed by atoms with E-state index in [9.17, 15) is 48.7 Å². The quantitative estimate of drug-likeness (QED) is 0.0507. The topological polar surface area (TPSA) is 149 Å². The van der Waals surface area contributed by atoms with E-state index in [4.69, 9.17) is 14.6 Å². The summed E-state index contributed by atoms with van der Waals surface area (Å²) in [7, 11) is 3.09. The zero-order valence-corrected chi connectivity index (χ0v) is 79.6. The summed E-state index contributed by atoms with van der Waals surface area (Å²) in [6.45, 7) is 2.85. The number of benzene rings is 9. The molecule has 7 aromatic heterocycles. The number of allylic oxidation sites excluding steroid dienone is 2. The normalized spacial score (nSPS) is 9.74. The van der Waals surface area contributed by atoms with Crippen LogP contribution in [0.4, 0.5) is 61.0 Å². The van der Waals surface area contributed by atoms with Gasteiger partial charge in [0.1, 0.15) is 11.5 Å². The van der Waals surface area contributed by atoms with E-state index in [1.54, 1.807) is 129 Å². The van der Waals surface area contributed by atoms with Gasteiger partial charge in [-0.3, -0.25) is 48.7 Å². The second-order valence-corrected chi connectivity index (χ2v) is 24.1. The van der Waals surface area contributed by atoms with Gasteiger partial charge >= 0.3 is 0 Å². The molecule has 9 aromatic carbocycles. The zero-order valence-electron chi connectivity index (χ0n) is 65.2. The molecule has 16 aromatic rings.